The molecule has 0 saturated carbocycles. The molecule has 4 rings (SSSR count). The maximum absolute atomic E-state index is 5.96. The van der Waals surface area contributed by atoms with Crippen molar-refractivity contribution in [1.29, 1.82) is 0 Å². The van der Waals surface area contributed by atoms with E-state index in [4.69, 9.17) is 16.7 Å². The molecule has 3 aromatic heterocycles. The average molecular weight is 725 g/mol. The summed E-state index contributed by atoms with van der Waals surface area (Å²) in [6.07, 6.45) is 0. The molecule has 0 spiro atoms. The molecular formula is C21H21N6W2-. The number of aryl methyl sites for hydroxylation is 4. The summed E-state index contributed by atoms with van der Waals surface area (Å²) in [4.78, 5) is 4.79. The van der Waals surface area contributed by atoms with Gasteiger partial charge in [0.25, 0.3) is 0 Å². The number of hydrogen-bond donors (Lipinski definition) is 1. The first-order chi connectivity index (χ1) is 13.4. The maximum atomic E-state index is 5.96. The second-order valence-corrected chi connectivity index (χ2v) is 7.81. The molecule has 1 N–H and O–H groups in total. The molecule has 0 radical (unpaired) electrons. The minimum absolute atomic E-state index is 0. The molecular weight excluding hydrogens is 704 g/mol. The number of anilines is 1. The molecule has 0 atom stereocenters. The van der Waals surface area contributed by atoms with E-state index in [0.717, 1.165) is 56.1 Å². The SMILES string of the molecule is [CH-]=C([CH]=[W])CNc1cc(C)nc2c(-c3ccc4c(c3)c(C)nn4C)c(C)nn12.[W]. The van der Waals surface area contributed by atoms with Gasteiger partial charge in [-0.1, -0.05) is 0 Å². The third-order valence-electron chi connectivity index (χ3n) is 4.84. The van der Waals surface area contributed by atoms with E-state index in [-0.39, 0.29) is 21.1 Å². The molecule has 0 bridgehead atoms. The molecule has 4 aromatic rings. The van der Waals surface area contributed by atoms with Gasteiger partial charge in [-0.25, -0.2) is 0 Å². The second-order valence-electron chi connectivity index (χ2n) is 6.97. The number of aromatic nitrogens is 5. The van der Waals surface area contributed by atoms with Crippen LogP contribution in [-0.4, -0.2) is 35.3 Å². The minimum atomic E-state index is 0. The third-order valence-corrected chi connectivity index (χ3v) is 5.93. The quantitative estimate of drug-likeness (QED) is 0.321. The molecule has 3 heterocycles. The van der Waals surface area contributed by atoms with Crippen molar-refractivity contribution < 1.29 is 40.4 Å². The van der Waals surface area contributed by atoms with Gasteiger partial charge in [-0.2, -0.15) is 5.10 Å². The third kappa shape index (κ3) is 3.93. The summed E-state index contributed by atoms with van der Waals surface area (Å²) in [5, 5.41) is 13.8. The van der Waals surface area contributed by atoms with Crippen LogP contribution < -0.4 is 5.32 Å². The van der Waals surface area contributed by atoms with Gasteiger partial charge in [0, 0.05) is 28.1 Å². The Bertz CT molecular complexity index is 1250. The molecule has 0 aliphatic heterocycles. The molecule has 148 valence electrons. The molecule has 6 nitrogen and oxygen atoms in total. The number of benzene rings is 1. The van der Waals surface area contributed by atoms with Crippen LogP contribution in [-0.2, 0) is 47.5 Å². The van der Waals surface area contributed by atoms with Crippen LogP contribution in [0.15, 0.2) is 29.8 Å². The average Bonchev–Trinajstić information content (AvgIpc) is 3.14. The Balaban J connectivity index is 0.00000240. The van der Waals surface area contributed by atoms with Crippen LogP contribution in [0.25, 0.3) is 27.7 Å². The zero-order valence-corrected chi connectivity index (χ0v) is 22.6. The van der Waals surface area contributed by atoms with Crippen LogP contribution in [0.5, 0.6) is 0 Å². The fourth-order valence-corrected chi connectivity index (χ4v) is 3.84. The van der Waals surface area contributed by atoms with E-state index < -0.39 is 0 Å². The molecule has 0 aliphatic rings. The number of hydrogen-bond acceptors (Lipinski definition) is 4. The predicted molar refractivity (Wildman–Crippen MR) is 109 cm³/mol. The van der Waals surface area contributed by atoms with Crippen LogP contribution in [0.3, 0.4) is 0 Å². The molecule has 0 unspecified atom stereocenters. The summed E-state index contributed by atoms with van der Waals surface area (Å²) in [6.45, 7) is 12.6. The Morgan fingerprint density at radius 3 is 2.66 bits per heavy atom. The van der Waals surface area contributed by atoms with Gasteiger partial charge in [0.2, 0.25) is 0 Å². The summed E-state index contributed by atoms with van der Waals surface area (Å²) >= 11 is 1.34. The van der Waals surface area contributed by atoms with Crippen LogP contribution in [0.2, 0.25) is 0 Å². The fraction of sp³-hybridized carbons (Fsp3) is 0.238. The van der Waals surface area contributed by atoms with Crippen molar-refractivity contribution in [3.05, 3.63) is 53.5 Å². The normalized spacial score (nSPS) is 10.9. The Hall–Kier alpha value is -1.90. The van der Waals surface area contributed by atoms with Gasteiger partial charge in [-0.15, -0.1) is 0 Å². The summed E-state index contributed by atoms with van der Waals surface area (Å²) in [7, 11) is 1.97. The largest absolute Gasteiger partial charge is 0 e. The monoisotopic (exact) mass is 725 g/mol. The molecule has 0 saturated heterocycles. The van der Waals surface area contributed by atoms with Gasteiger partial charge in [-0.05, 0) is 6.92 Å². The summed E-state index contributed by atoms with van der Waals surface area (Å²) in [5.74, 6) is 0.885. The first-order valence-electron chi connectivity index (χ1n) is 9.00. The second kappa shape index (κ2) is 8.45. The van der Waals surface area contributed by atoms with Crippen LogP contribution in [0, 0.1) is 27.4 Å². The fourth-order valence-electron chi connectivity index (χ4n) is 3.54. The zero-order chi connectivity index (χ0) is 20.0. The molecule has 8 heteroatoms. The van der Waals surface area contributed by atoms with Gasteiger partial charge < -0.3 is 0 Å². The number of rotatable bonds is 5. The van der Waals surface area contributed by atoms with Gasteiger partial charge in [0.15, 0.2) is 0 Å². The first-order valence-corrected chi connectivity index (χ1v) is 10.7. The standard InChI is InChI=1S/C21H21N6.2W/c1-12(2)11-22-19-9-13(3)23-21-20(15(5)25-27(19)21)16-7-8-18-17(10-16)14(4)24-26(18)6;;/h1-2,7-10,22H,11H2,3-6H3;;/q-1;;. The van der Waals surface area contributed by atoms with E-state index in [1.807, 2.05) is 47.5 Å². The van der Waals surface area contributed by atoms with Gasteiger partial charge >= 0.3 is 151 Å². The van der Waals surface area contributed by atoms with Crippen molar-refractivity contribution in [2.45, 2.75) is 20.8 Å². The summed E-state index contributed by atoms with van der Waals surface area (Å²) in [6, 6.07) is 8.40. The van der Waals surface area contributed by atoms with Gasteiger partial charge in [0.05, 0.1) is 0 Å². The molecule has 0 aliphatic carbocycles. The molecule has 0 fully saturated rings. The summed E-state index contributed by atoms with van der Waals surface area (Å²) < 4.78 is 5.76. The van der Waals surface area contributed by atoms with Crippen molar-refractivity contribution >= 4 is 26.8 Å². The van der Waals surface area contributed by atoms with E-state index in [9.17, 15) is 0 Å². The van der Waals surface area contributed by atoms with Gasteiger partial charge in [0.1, 0.15) is 0 Å². The van der Waals surface area contributed by atoms with Crippen LogP contribution in [0.1, 0.15) is 17.1 Å². The van der Waals surface area contributed by atoms with Crippen molar-refractivity contribution in [3.63, 3.8) is 0 Å². The van der Waals surface area contributed by atoms with E-state index in [1.165, 1.54) is 19.4 Å². The Morgan fingerprint density at radius 2 is 1.93 bits per heavy atom. The van der Waals surface area contributed by atoms with Crippen molar-refractivity contribution in [3.8, 4) is 11.1 Å². The summed E-state index contributed by atoms with van der Waals surface area (Å²) in [5.41, 5.74) is 7.79. The Morgan fingerprint density at radius 1 is 1.17 bits per heavy atom. The first kappa shape index (κ1) is 21.8. The van der Waals surface area contributed by atoms with Crippen LogP contribution >= 0.6 is 0 Å². The molecule has 0 amide bonds. The number of nitrogens with zero attached hydrogens (tertiary/aromatic N) is 5. The van der Waals surface area contributed by atoms with Crippen LogP contribution in [0.4, 0.5) is 5.82 Å². The molecule has 29 heavy (non-hydrogen) atoms. The van der Waals surface area contributed by atoms with E-state index >= 15 is 0 Å². The predicted octanol–water partition coefficient (Wildman–Crippen LogP) is 3.33. The Kier molecular flexibility index (Phi) is 6.35. The van der Waals surface area contributed by atoms with Gasteiger partial charge in [-0.3, -0.25) is 4.68 Å². The molecule has 1 aromatic carbocycles. The van der Waals surface area contributed by atoms with Crippen molar-refractivity contribution in [2.24, 2.45) is 7.05 Å². The smallest absolute Gasteiger partial charge is 0 e. The van der Waals surface area contributed by atoms with E-state index in [2.05, 4.69) is 28.6 Å². The Labute approximate surface area is 195 Å². The van der Waals surface area contributed by atoms with Crippen molar-refractivity contribution in [1.82, 2.24) is 24.4 Å². The minimum Gasteiger partial charge on any atom is 0 e. The topological polar surface area (TPSA) is 60.0 Å². The number of nitrogens with one attached hydrogen (secondary N) is 1. The van der Waals surface area contributed by atoms with Crippen molar-refractivity contribution in [2.75, 3.05) is 11.9 Å². The van der Waals surface area contributed by atoms with E-state index in [1.54, 1.807) is 0 Å². The van der Waals surface area contributed by atoms with E-state index in [0.29, 0.717) is 6.54 Å². The number of fused-ring (bicyclic) bond motifs is 2. The maximum Gasteiger partial charge on any atom is 0 e. The zero-order valence-electron chi connectivity index (χ0n) is 16.7.